The zero-order valence-electron chi connectivity index (χ0n) is 13.3. The molecule has 1 heterocycles. The van der Waals surface area contributed by atoms with E-state index < -0.39 is 6.04 Å². The second kappa shape index (κ2) is 9.20. The Hall–Kier alpha value is -1.18. The predicted molar refractivity (Wildman–Crippen MR) is 99.3 cm³/mol. The number of nitrogens with two attached hydrogens (primary N) is 1. The van der Waals surface area contributed by atoms with Gasteiger partial charge in [-0.1, -0.05) is 6.07 Å². The molecule has 0 unspecified atom stereocenters. The van der Waals surface area contributed by atoms with Gasteiger partial charge in [-0.2, -0.15) is 23.5 Å². The van der Waals surface area contributed by atoms with Crippen molar-refractivity contribution in [3.63, 3.8) is 0 Å². The molecule has 1 fully saturated rings. The maximum absolute atomic E-state index is 12.5. The summed E-state index contributed by atoms with van der Waals surface area (Å²) in [4.78, 5) is 26.4. The van der Waals surface area contributed by atoms with Gasteiger partial charge in [-0.05, 0) is 36.6 Å². The summed E-state index contributed by atoms with van der Waals surface area (Å²) in [6.07, 6.45) is 2.62. The number of amides is 2. The van der Waals surface area contributed by atoms with Crippen LogP contribution in [0, 0.1) is 0 Å². The van der Waals surface area contributed by atoms with Crippen LogP contribution in [-0.4, -0.2) is 59.4 Å². The van der Waals surface area contributed by atoms with Crippen molar-refractivity contribution >= 4 is 41.0 Å². The number of benzene rings is 1. The van der Waals surface area contributed by atoms with E-state index in [4.69, 9.17) is 5.73 Å². The monoisotopic (exact) mass is 353 g/mol. The van der Waals surface area contributed by atoms with Crippen molar-refractivity contribution in [1.29, 1.82) is 0 Å². The van der Waals surface area contributed by atoms with Crippen molar-refractivity contribution in [1.82, 2.24) is 4.90 Å². The Labute approximate surface area is 145 Å². The number of nitrogens with one attached hydrogen (secondary N) is 1. The predicted octanol–water partition coefficient (Wildman–Crippen LogP) is 1.89. The largest absolute Gasteiger partial charge is 0.337 e. The lowest BCUT2D eigenvalue weighted by molar-refractivity contribution is -0.117. The van der Waals surface area contributed by atoms with E-state index in [-0.39, 0.29) is 11.8 Å². The number of thioether (sulfide) groups is 2. The number of carbonyl (C=O) groups excluding carboxylic acids is 2. The highest BCUT2D eigenvalue weighted by Gasteiger charge is 2.19. The van der Waals surface area contributed by atoms with Gasteiger partial charge in [0, 0.05) is 35.8 Å². The number of hydrogen-bond acceptors (Lipinski definition) is 5. The molecule has 0 aliphatic carbocycles. The quantitative estimate of drug-likeness (QED) is 0.817. The molecule has 0 spiro atoms. The van der Waals surface area contributed by atoms with Gasteiger partial charge < -0.3 is 16.0 Å². The molecule has 5 nitrogen and oxygen atoms in total. The Bertz CT molecular complexity index is 548. The molecule has 1 aliphatic rings. The second-order valence-corrected chi connectivity index (χ2v) is 7.57. The summed E-state index contributed by atoms with van der Waals surface area (Å²) >= 11 is 3.53. The first-order valence-electron chi connectivity index (χ1n) is 7.64. The summed E-state index contributed by atoms with van der Waals surface area (Å²) in [6.45, 7) is 1.55. The third kappa shape index (κ3) is 5.44. The Balaban J connectivity index is 1.98. The zero-order chi connectivity index (χ0) is 16.7. The Morgan fingerprint density at radius 2 is 2.13 bits per heavy atom. The molecule has 7 heteroatoms. The molecule has 1 saturated heterocycles. The smallest absolute Gasteiger partial charge is 0.253 e. The number of anilines is 1. The average Bonchev–Trinajstić information content (AvgIpc) is 2.60. The molecule has 0 aromatic heterocycles. The van der Waals surface area contributed by atoms with Crippen LogP contribution in [0.25, 0.3) is 0 Å². The van der Waals surface area contributed by atoms with Crippen molar-refractivity contribution in [2.24, 2.45) is 5.73 Å². The van der Waals surface area contributed by atoms with Crippen LogP contribution in [0.4, 0.5) is 5.69 Å². The normalized spacial score (nSPS) is 16.0. The number of carbonyl (C=O) groups is 2. The Morgan fingerprint density at radius 3 is 2.83 bits per heavy atom. The summed E-state index contributed by atoms with van der Waals surface area (Å²) in [7, 11) is 0. The van der Waals surface area contributed by atoms with Gasteiger partial charge in [-0.15, -0.1) is 0 Å². The van der Waals surface area contributed by atoms with E-state index in [1.54, 1.807) is 36.0 Å². The van der Waals surface area contributed by atoms with E-state index in [0.717, 1.165) is 30.3 Å². The van der Waals surface area contributed by atoms with Crippen LogP contribution in [-0.2, 0) is 4.79 Å². The summed E-state index contributed by atoms with van der Waals surface area (Å²) in [5.74, 6) is 2.62. The van der Waals surface area contributed by atoms with E-state index >= 15 is 0 Å². The minimum Gasteiger partial charge on any atom is -0.337 e. The molecule has 23 heavy (non-hydrogen) atoms. The van der Waals surface area contributed by atoms with Crippen LogP contribution in [0.5, 0.6) is 0 Å². The molecule has 1 aromatic rings. The van der Waals surface area contributed by atoms with Crippen LogP contribution < -0.4 is 11.1 Å². The SMILES string of the molecule is CSCC[C@H](N)C(=O)Nc1cccc(C(=O)N2CCSCC2)c1. The standard InChI is InChI=1S/C16H23N3O2S2/c1-22-8-5-14(17)15(20)18-13-4-2-3-12(11-13)16(21)19-6-9-23-10-7-19/h2-4,11,14H,5-10,17H2,1H3,(H,18,20)/t14-/m0/s1. The molecule has 0 saturated carbocycles. The Kier molecular flexibility index (Phi) is 7.26. The number of hydrogen-bond donors (Lipinski definition) is 2. The van der Waals surface area contributed by atoms with E-state index in [0.29, 0.717) is 17.7 Å². The van der Waals surface area contributed by atoms with Gasteiger partial charge in [0.1, 0.15) is 0 Å². The third-order valence-corrected chi connectivity index (χ3v) is 5.23. The van der Waals surface area contributed by atoms with E-state index in [2.05, 4.69) is 5.32 Å². The van der Waals surface area contributed by atoms with Gasteiger partial charge in [0.05, 0.1) is 6.04 Å². The van der Waals surface area contributed by atoms with Crippen molar-refractivity contribution in [3.8, 4) is 0 Å². The summed E-state index contributed by atoms with van der Waals surface area (Å²) in [5.41, 5.74) is 7.08. The van der Waals surface area contributed by atoms with Crippen molar-refractivity contribution in [2.45, 2.75) is 12.5 Å². The fourth-order valence-corrected chi connectivity index (χ4v) is 3.68. The number of rotatable bonds is 6. The van der Waals surface area contributed by atoms with E-state index in [1.165, 1.54) is 0 Å². The van der Waals surface area contributed by atoms with Gasteiger partial charge in [-0.25, -0.2) is 0 Å². The molecule has 2 amide bonds. The lowest BCUT2D eigenvalue weighted by Crippen LogP contribution is -2.38. The van der Waals surface area contributed by atoms with Crippen LogP contribution in [0.1, 0.15) is 16.8 Å². The van der Waals surface area contributed by atoms with Crippen LogP contribution >= 0.6 is 23.5 Å². The van der Waals surface area contributed by atoms with Crippen LogP contribution in [0.15, 0.2) is 24.3 Å². The molecule has 126 valence electrons. The maximum atomic E-state index is 12.5. The number of nitrogens with zero attached hydrogens (tertiary/aromatic N) is 1. The van der Waals surface area contributed by atoms with Gasteiger partial charge >= 0.3 is 0 Å². The molecular formula is C16H23N3O2S2. The van der Waals surface area contributed by atoms with E-state index in [1.807, 2.05) is 22.9 Å². The highest BCUT2D eigenvalue weighted by Crippen LogP contribution is 2.16. The molecule has 0 bridgehead atoms. The lowest BCUT2D eigenvalue weighted by atomic mass is 10.1. The van der Waals surface area contributed by atoms with Gasteiger partial charge in [0.25, 0.3) is 5.91 Å². The summed E-state index contributed by atoms with van der Waals surface area (Å²) in [5, 5.41) is 2.80. The van der Waals surface area contributed by atoms with Crippen LogP contribution in [0.2, 0.25) is 0 Å². The Morgan fingerprint density at radius 1 is 1.39 bits per heavy atom. The third-order valence-electron chi connectivity index (χ3n) is 3.65. The van der Waals surface area contributed by atoms with Gasteiger partial charge in [0.15, 0.2) is 0 Å². The molecule has 1 aromatic carbocycles. The second-order valence-electron chi connectivity index (χ2n) is 5.36. The van der Waals surface area contributed by atoms with Crippen LogP contribution in [0.3, 0.4) is 0 Å². The maximum Gasteiger partial charge on any atom is 0.253 e. The highest BCUT2D eigenvalue weighted by atomic mass is 32.2. The van der Waals surface area contributed by atoms with Gasteiger partial charge in [-0.3, -0.25) is 9.59 Å². The molecule has 0 radical (unpaired) electrons. The first-order valence-corrected chi connectivity index (χ1v) is 10.2. The first kappa shape index (κ1) is 18.2. The fourth-order valence-electron chi connectivity index (χ4n) is 2.29. The summed E-state index contributed by atoms with van der Waals surface area (Å²) in [6, 6.07) is 6.55. The minimum absolute atomic E-state index is 0.0214. The molecule has 2 rings (SSSR count). The molecule has 1 atom stereocenters. The summed E-state index contributed by atoms with van der Waals surface area (Å²) < 4.78 is 0. The fraction of sp³-hybridized carbons (Fsp3) is 0.500. The van der Waals surface area contributed by atoms with Crippen molar-refractivity contribution in [2.75, 3.05) is 41.9 Å². The molecule has 1 aliphatic heterocycles. The zero-order valence-corrected chi connectivity index (χ0v) is 14.9. The highest BCUT2D eigenvalue weighted by molar-refractivity contribution is 7.99. The van der Waals surface area contributed by atoms with Gasteiger partial charge in [0.2, 0.25) is 5.91 Å². The average molecular weight is 354 g/mol. The van der Waals surface area contributed by atoms with Crippen molar-refractivity contribution in [3.05, 3.63) is 29.8 Å². The van der Waals surface area contributed by atoms with Crippen molar-refractivity contribution < 1.29 is 9.59 Å². The first-order chi connectivity index (χ1) is 11.1. The minimum atomic E-state index is -0.527. The van der Waals surface area contributed by atoms with E-state index in [9.17, 15) is 9.59 Å². The topological polar surface area (TPSA) is 75.4 Å². The lowest BCUT2D eigenvalue weighted by Gasteiger charge is -2.26. The molecule has 3 N–H and O–H groups in total. The molecular weight excluding hydrogens is 330 g/mol.